The Bertz CT molecular complexity index is 675. The number of allylic oxidation sites excluding steroid dienone is 2. The van der Waals surface area contributed by atoms with E-state index in [1.54, 1.807) is 0 Å². The summed E-state index contributed by atoms with van der Waals surface area (Å²) in [6.45, 7) is 10.2. The van der Waals surface area contributed by atoms with E-state index in [1.165, 1.54) is 12.5 Å². The minimum atomic E-state index is -0.172. The Morgan fingerprint density at radius 2 is 1.88 bits per heavy atom. The van der Waals surface area contributed by atoms with Crippen molar-refractivity contribution in [3.63, 3.8) is 0 Å². The van der Waals surface area contributed by atoms with Crippen LogP contribution in [0.2, 0.25) is 0 Å². The summed E-state index contributed by atoms with van der Waals surface area (Å²) in [7, 11) is 0. The van der Waals surface area contributed by atoms with E-state index in [9.17, 15) is 9.59 Å². The Balaban J connectivity index is 1.62. The molecule has 3 fully saturated rings. The van der Waals surface area contributed by atoms with Crippen LogP contribution in [-0.2, 0) is 14.3 Å². The van der Waals surface area contributed by atoms with Crippen LogP contribution in [0, 0.1) is 28.6 Å². The predicted molar refractivity (Wildman–Crippen MR) is 96.8 cm³/mol. The van der Waals surface area contributed by atoms with Gasteiger partial charge in [0, 0.05) is 18.8 Å². The number of ether oxygens (including phenoxy) is 1. The molecular formula is C22H30O3. The number of hydrogen-bond donors (Lipinski definition) is 0. The van der Waals surface area contributed by atoms with E-state index in [1.807, 2.05) is 0 Å². The zero-order valence-electron chi connectivity index (χ0n) is 15.8. The summed E-state index contributed by atoms with van der Waals surface area (Å²) < 4.78 is 5.50. The maximum absolute atomic E-state index is 12.7. The second kappa shape index (κ2) is 5.56. The second-order valence-corrected chi connectivity index (χ2v) is 9.33. The molecule has 4 rings (SSSR count). The molecule has 136 valence electrons. The number of carbonyl (C=O) groups is 2. The molecule has 6 atom stereocenters. The van der Waals surface area contributed by atoms with Crippen molar-refractivity contribution in [2.24, 2.45) is 28.6 Å². The van der Waals surface area contributed by atoms with Gasteiger partial charge in [0.15, 0.2) is 5.78 Å². The van der Waals surface area contributed by atoms with E-state index in [0.717, 1.165) is 50.5 Å². The molecule has 0 radical (unpaired) electrons. The van der Waals surface area contributed by atoms with Crippen LogP contribution in [0.4, 0.5) is 0 Å². The molecule has 0 N–H and O–H groups in total. The molecule has 0 aromatic carbocycles. The highest BCUT2D eigenvalue weighted by atomic mass is 16.5. The SMILES string of the molecule is C=C1C[C@H]2[C@@H]3CC=C4CC(OC(C)=O)CC[C@]4(C)[C@H]3CC[C@]2(C)C1=O. The van der Waals surface area contributed by atoms with E-state index in [4.69, 9.17) is 4.74 Å². The minimum Gasteiger partial charge on any atom is -0.462 e. The Morgan fingerprint density at radius 3 is 2.60 bits per heavy atom. The van der Waals surface area contributed by atoms with E-state index >= 15 is 0 Å². The minimum absolute atomic E-state index is 0.0510. The van der Waals surface area contributed by atoms with Crippen molar-refractivity contribution in [2.45, 2.75) is 71.8 Å². The van der Waals surface area contributed by atoms with Gasteiger partial charge in [-0.3, -0.25) is 9.59 Å². The van der Waals surface area contributed by atoms with Gasteiger partial charge in [-0.15, -0.1) is 0 Å². The van der Waals surface area contributed by atoms with Crippen LogP contribution in [-0.4, -0.2) is 17.9 Å². The molecule has 3 heteroatoms. The lowest BCUT2D eigenvalue weighted by Gasteiger charge is -2.56. The average Bonchev–Trinajstić information content (AvgIpc) is 2.78. The van der Waals surface area contributed by atoms with Gasteiger partial charge < -0.3 is 4.74 Å². The number of fused-ring (bicyclic) bond motifs is 5. The first-order chi connectivity index (χ1) is 11.8. The number of esters is 1. The van der Waals surface area contributed by atoms with Gasteiger partial charge in [0.2, 0.25) is 0 Å². The summed E-state index contributed by atoms with van der Waals surface area (Å²) in [5.74, 6) is 1.88. The Morgan fingerprint density at radius 1 is 1.16 bits per heavy atom. The van der Waals surface area contributed by atoms with Crippen LogP contribution in [0.15, 0.2) is 23.8 Å². The van der Waals surface area contributed by atoms with Crippen LogP contribution < -0.4 is 0 Å². The number of rotatable bonds is 1. The zero-order valence-corrected chi connectivity index (χ0v) is 15.8. The summed E-state index contributed by atoms with van der Waals surface area (Å²) in [6, 6.07) is 0. The van der Waals surface area contributed by atoms with Crippen LogP contribution in [0.5, 0.6) is 0 Å². The first-order valence-electron chi connectivity index (χ1n) is 9.85. The van der Waals surface area contributed by atoms with E-state index in [2.05, 4.69) is 26.5 Å². The maximum atomic E-state index is 12.7. The molecule has 0 bridgehead atoms. The number of ketones is 1. The van der Waals surface area contributed by atoms with Gasteiger partial charge in [0.25, 0.3) is 0 Å². The van der Waals surface area contributed by atoms with Gasteiger partial charge in [-0.1, -0.05) is 32.1 Å². The van der Waals surface area contributed by atoms with Crippen molar-refractivity contribution in [2.75, 3.05) is 0 Å². The largest absolute Gasteiger partial charge is 0.462 e. The molecular weight excluding hydrogens is 312 g/mol. The molecule has 4 aliphatic carbocycles. The van der Waals surface area contributed by atoms with Gasteiger partial charge in [-0.25, -0.2) is 0 Å². The third-order valence-electron chi connectivity index (χ3n) is 8.09. The van der Waals surface area contributed by atoms with Crippen LogP contribution >= 0.6 is 0 Å². The quantitative estimate of drug-likeness (QED) is 0.397. The second-order valence-electron chi connectivity index (χ2n) is 9.33. The molecule has 1 unspecified atom stereocenters. The molecule has 0 aromatic rings. The lowest BCUT2D eigenvalue weighted by molar-refractivity contribution is -0.148. The fourth-order valence-corrected chi connectivity index (χ4v) is 6.70. The number of Topliss-reactive ketones (excluding diaryl/α,β-unsaturated/α-hetero) is 1. The first-order valence-corrected chi connectivity index (χ1v) is 9.85. The summed E-state index contributed by atoms with van der Waals surface area (Å²) in [5, 5.41) is 0. The number of hydrogen-bond acceptors (Lipinski definition) is 3. The van der Waals surface area contributed by atoms with Crippen molar-refractivity contribution >= 4 is 11.8 Å². The molecule has 0 aromatic heterocycles. The monoisotopic (exact) mass is 342 g/mol. The molecule has 0 spiro atoms. The first kappa shape index (κ1) is 17.1. The van der Waals surface area contributed by atoms with Gasteiger partial charge in [0.1, 0.15) is 6.10 Å². The van der Waals surface area contributed by atoms with Gasteiger partial charge >= 0.3 is 5.97 Å². The smallest absolute Gasteiger partial charge is 0.302 e. The summed E-state index contributed by atoms with van der Waals surface area (Å²) in [4.78, 5) is 24.0. The molecule has 0 heterocycles. The van der Waals surface area contributed by atoms with Gasteiger partial charge in [0.05, 0.1) is 0 Å². The third-order valence-corrected chi connectivity index (χ3v) is 8.09. The number of carbonyl (C=O) groups excluding carboxylic acids is 2. The van der Waals surface area contributed by atoms with Crippen molar-refractivity contribution < 1.29 is 14.3 Å². The summed E-state index contributed by atoms with van der Waals surface area (Å²) >= 11 is 0. The van der Waals surface area contributed by atoms with Crippen molar-refractivity contribution in [1.82, 2.24) is 0 Å². The molecule has 25 heavy (non-hydrogen) atoms. The fourth-order valence-electron chi connectivity index (χ4n) is 6.70. The summed E-state index contributed by atoms with van der Waals surface area (Å²) in [5.41, 5.74) is 2.40. The topological polar surface area (TPSA) is 43.4 Å². The molecule has 0 amide bonds. The van der Waals surface area contributed by atoms with Crippen LogP contribution in [0.3, 0.4) is 0 Å². The lowest BCUT2D eigenvalue weighted by Crippen LogP contribution is -2.50. The van der Waals surface area contributed by atoms with Crippen molar-refractivity contribution in [3.8, 4) is 0 Å². The van der Waals surface area contributed by atoms with E-state index < -0.39 is 0 Å². The Labute approximate surface area is 150 Å². The third kappa shape index (κ3) is 2.38. The standard InChI is InChI=1S/C22H30O3/c1-13-11-19-17-6-5-15-12-16(25-14(2)23)7-9-21(15,3)18(17)8-10-22(19,4)20(13)24/h5,16-19H,1,6-12H2,2-4H3/t16?,17-,18+,19+,21+,22+/m1/s1. The van der Waals surface area contributed by atoms with Gasteiger partial charge in [-0.05, 0) is 67.3 Å². The van der Waals surface area contributed by atoms with Crippen LogP contribution in [0.25, 0.3) is 0 Å². The highest BCUT2D eigenvalue weighted by Gasteiger charge is 2.59. The molecule has 0 saturated heterocycles. The predicted octanol–water partition coefficient (Wildman–Crippen LogP) is 4.62. The van der Waals surface area contributed by atoms with Crippen molar-refractivity contribution in [1.29, 1.82) is 0 Å². The highest BCUT2D eigenvalue weighted by molar-refractivity contribution is 6.02. The average molecular weight is 342 g/mol. The molecule has 3 nitrogen and oxygen atoms in total. The normalized spacial score (nSPS) is 46.0. The highest BCUT2D eigenvalue weighted by Crippen LogP contribution is 2.64. The van der Waals surface area contributed by atoms with E-state index in [0.29, 0.717) is 23.5 Å². The lowest BCUT2D eigenvalue weighted by atomic mass is 9.48. The maximum Gasteiger partial charge on any atom is 0.302 e. The molecule has 4 aliphatic rings. The zero-order chi connectivity index (χ0) is 18.0. The molecule has 3 saturated carbocycles. The summed E-state index contributed by atoms with van der Waals surface area (Å²) in [6.07, 6.45) is 9.54. The van der Waals surface area contributed by atoms with Crippen LogP contribution in [0.1, 0.15) is 65.7 Å². The van der Waals surface area contributed by atoms with Gasteiger partial charge in [-0.2, -0.15) is 0 Å². The Kier molecular flexibility index (Phi) is 3.79. The fraction of sp³-hybridized carbons (Fsp3) is 0.727. The van der Waals surface area contributed by atoms with Crippen molar-refractivity contribution in [3.05, 3.63) is 23.8 Å². The van der Waals surface area contributed by atoms with E-state index in [-0.39, 0.29) is 22.9 Å². The Hall–Kier alpha value is -1.38. The molecule has 0 aliphatic heterocycles.